The number of hydrogen-bond acceptors (Lipinski definition) is 5. The number of nitrogens with zero attached hydrogens (tertiary/aromatic N) is 2. The number of benzene rings is 4. The Kier molecular flexibility index (Phi) is 11.1. The van der Waals surface area contributed by atoms with Crippen molar-refractivity contribution in [2.24, 2.45) is 0 Å². The van der Waals surface area contributed by atoms with Crippen molar-refractivity contribution in [2.75, 3.05) is 24.5 Å². The fourth-order valence-corrected chi connectivity index (χ4v) is 6.24. The van der Waals surface area contributed by atoms with Gasteiger partial charge in [-0.3, -0.25) is 13.9 Å². The highest BCUT2D eigenvalue weighted by atomic mass is 32.2. The van der Waals surface area contributed by atoms with Gasteiger partial charge in [0.2, 0.25) is 11.8 Å². The summed E-state index contributed by atoms with van der Waals surface area (Å²) in [6.45, 7) is 1.36. The maximum absolute atomic E-state index is 15.0. The number of nitrogens with one attached hydrogen (secondary N) is 1. The molecule has 0 aliphatic carbocycles. The Bertz CT molecular complexity index is 1650. The summed E-state index contributed by atoms with van der Waals surface area (Å²) in [6, 6.07) is 28.4. The predicted octanol–water partition coefficient (Wildman–Crippen LogP) is 5.20. The van der Waals surface area contributed by atoms with E-state index in [1.54, 1.807) is 48.5 Å². The van der Waals surface area contributed by atoms with Crippen LogP contribution in [0.2, 0.25) is 0 Å². The van der Waals surface area contributed by atoms with Crippen molar-refractivity contribution < 1.29 is 27.1 Å². The first-order valence-electron chi connectivity index (χ1n) is 14.3. The number of carbonyl (C=O) groups excluding carboxylic acids is 2. The smallest absolute Gasteiger partial charge is 0.264 e. The molecule has 0 aliphatic rings. The van der Waals surface area contributed by atoms with E-state index >= 15 is 0 Å². The first-order chi connectivity index (χ1) is 21.3. The summed E-state index contributed by atoms with van der Waals surface area (Å²) < 4.78 is 49.6. The Morgan fingerprint density at radius 1 is 0.864 bits per heavy atom. The Hall–Kier alpha value is -4.70. The summed E-state index contributed by atoms with van der Waals surface area (Å²) in [5.74, 6) is -1.42. The minimum atomic E-state index is -4.28. The van der Waals surface area contributed by atoms with Crippen LogP contribution in [0.1, 0.15) is 24.5 Å². The highest BCUT2D eigenvalue weighted by molar-refractivity contribution is 7.92. The molecular formula is C34H36FN3O5S. The van der Waals surface area contributed by atoms with Crippen LogP contribution in [0.4, 0.5) is 10.1 Å². The molecule has 0 aliphatic heterocycles. The normalized spacial score (nSPS) is 11.8. The van der Waals surface area contributed by atoms with E-state index in [4.69, 9.17) is 4.74 Å². The van der Waals surface area contributed by atoms with Crippen LogP contribution in [0.5, 0.6) is 5.75 Å². The number of para-hydroxylation sites is 2. The second-order valence-corrected chi connectivity index (χ2v) is 12.0. The summed E-state index contributed by atoms with van der Waals surface area (Å²) in [7, 11) is -2.87. The molecule has 0 saturated carbocycles. The summed E-state index contributed by atoms with van der Waals surface area (Å²) in [5, 5.41) is 2.87. The molecule has 1 unspecified atom stereocenters. The maximum Gasteiger partial charge on any atom is 0.264 e. The van der Waals surface area contributed by atoms with Gasteiger partial charge in [0.05, 0.1) is 17.7 Å². The molecule has 0 heterocycles. The molecule has 10 heteroatoms. The van der Waals surface area contributed by atoms with Gasteiger partial charge in [-0.15, -0.1) is 0 Å². The van der Waals surface area contributed by atoms with Gasteiger partial charge >= 0.3 is 0 Å². The van der Waals surface area contributed by atoms with Crippen LogP contribution >= 0.6 is 0 Å². The van der Waals surface area contributed by atoms with Crippen LogP contribution in [0.3, 0.4) is 0 Å². The van der Waals surface area contributed by atoms with Gasteiger partial charge in [0.15, 0.2) is 0 Å². The third-order valence-electron chi connectivity index (χ3n) is 7.08. The van der Waals surface area contributed by atoms with Crippen LogP contribution in [0.25, 0.3) is 0 Å². The molecule has 0 spiro atoms. The van der Waals surface area contributed by atoms with Gasteiger partial charge < -0.3 is 15.0 Å². The quantitative estimate of drug-likeness (QED) is 0.210. The van der Waals surface area contributed by atoms with Gasteiger partial charge in [0.25, 0.3) is 10.0 Å². The summed E-state index contributed by atoms with van der Waals surface area (Å²) in [6.07, 6.45) is 0.804. The minimum absolute atomic E-state index is 0.0270. The van der Waals surface area contributed by atoms with E-state index < -0.39 is 40.2 Å². The fourth-order valence-electron chi connectivity index (χ4n) is 4.80. The zero-order valence-corrected chi connectivity index (χ0v) is 25.5. The highest BCUT2D eigenvalue weighted by Gasteiger charge is 2.35. The molecule has 4 aromatic carbocycles. The standard InChI is InChI=1S/C34H36FN3O5S/c1-3-22-36-34(40)31(23-26-14-6-4-7-15-26)37(24-27-16-10-11-19-29(27)35)33(39)25-38(30-20-12-13-21-32(30)43-2)44(41,42)28-17-8-5-9-18-28/h4-21,31H,3,22-25H2,1-2H3,(H,36,40). The number of sulfonamides is 1. The van der Waals surface area contributed by atoms with Crippen molar-refractivity contribution in [1.82, 2.24) is 10.2 Å². The molecule has 44 heavy (non-hydrogen) atoms. The second-order valence-electron chi connectivity index (χ2n) is 10.1. The zero-order valence-electron chi connectivity index (χ0n) is 24.7. The van der Waals surface area contributed by atoms with Crippen molar-refractivity contribution in [3.63, 3.8) is 0 Å². The summed E-state index contributed by atoms with van der Waals surface area (Å²) in [5.41, 5.74) is 1.12. The summed E-state index contributed by atoms with van der Waals surface area (Å²) in [4.78, 5) is 29.3. The maximum atomic E-state index is 15.0. The number of hydrogen-bond donors (Lipinski definition) is 1. The van der Waals surface area contributed by atoms with E-state index in [0.29, 0.717) is 13.0 Å². The van der Waals surface area contributed by atoms with Crippen LogP contribution in [0.15, 0.2) is 114 Å². The number of halogens is 1. The highest BCUT2D eigenvalue weighted by Crippen LogP contribution is 2.32. The fraction of sp³-hybridized carbons (Fsp3) is 0.235. The van der Waals surface area contributed by atoms with E-state index in [0.717, 1.165) is 9.87 Å². The third-order valence-corrected chi connectivity index (χ3v) is 8.86. The molecule has 0 aromatic heterocycles. The van der Waals surface area contributed by atoms with E-state index in [2.05, 4.69) is 5.32 Å². The SMILES string of the molecule is CCCNC(=O)C(Cc1ccccc1)N(Cc1ccccc1F)C(=O)CN(c1ccccc1OC)S(=O)(=O)c1ccccc1. The third kappa shape index (κ3) is 7.82. The molecule has 2 amide bonds. The number of amides is 2. The summed E-state index contributed by atoms with van der Waals surface area (Å²) >= 11 is 0. The van der Waals surface area contributed by atoms with Gasteiger partial charge in [-0.1, -0.05) is 85.8 Å². The monoisotopic (exact) mass is 617 g/mol. The molecule has 230 valence electrons. The Labute approximate surface area is 258 Å². The Morgan fingerprint density at radius 2 is 1.48 bits per heavy atom. The molecule has 8 nitrogen and oxygen atoms in total. The van der Waals surface area contributed by atoms with Crippen LogP contribution in [-0.4, -0.2) is 51.4 Å². The number of carbonyl (C=O) groups is 2. The number of rotatable bonds is 14. The van der Waals surface area contributed by atoms with Gasteiger partial charge in [-0.2, -0.15) is 0 Å². The van der Waals surface area contributed by atoms with E-state index in [1.165, 1.54) is 42.3 Å². The molecule has 4 rings (SSSR count). The number of ether oxygens (including phenoxy) is 1. The van der Waals surface area contributed by atoms with Crippen LogP contribution < -0.4 is 14.4 Å². The van der Waals surface area contributed by atoms with E-state index in [-0.39, 0.29) is 34.9 Å². The molecular weight excluding hydrogens is 581 g/mol. The Balaban J connectivity index is 1.82. The molecule has 0 bridgehead atoms. The molecule has 0 saturated heterocycles. The molecule has 1 N–H and O–H groups in total. The number of methoxy groups -OCH3 is 1. The van der Waals surface area contributed by atoms with Crippen molar-refractivity contribution in [2.45, 2.75) is 37.2 Å². The largest absolute Gasteiger partial charge is 0.495 e. The van der Waals surface area contributed by atoms with E-state index in [9.17, 15) is 22.4 Å². The van der Waals surface area contributed by atoms with Crippen LogP contribution in [-0.2, 0) is 32.6 Å². The van der Waals surface area contributed by atoms with Gasteiger partial charge in [-0.05, 0) is 42.3 Å². The van der Waals surface area contributed by atoms with Gasteiger partial charge in [0.1, 0.15) is 24.2 Å². The lowest BCUT2D eigenvalue weighted by atomic mass is 10.0. The lowest BCUT2D eigenvalue weighted by molar-refractivity contribution is -0.140. The number of anilines is 1. The average Bonchev–Trinajstić information content (AvgIpc) is 3.05. The lowest BCUT2D eigenvalue weighted by Gasteiger charge is -2.34. The lowest BCUT2D eigenvalue weighted by Crippen LogP contribution is -2.53. The molecule has 4 aromatic rings. The zero-order chi connectivity index (χ0) is 31.5. The molecule has 1 atom stereocenters. The van der Waals surface area contributed by atoms with Crippen molar-refractivity contribution in [3.05, 3.63) is 126 Å². The van der Waals surface area contributed by atoms with Gasteiger partial charge in [-0.25, -0.2) is 12.8 Å². The molecule has 0 radical (unpaired) electrons. The first kappa shape index (κ1) is 32.2. The second kappa shape index (κ2) is 15.2. The van der Waals surface area contributed by atoms with E-state index in [1.807, 2.05) is 37.3 Å². The Morgan fingerprint density at radius 3 is 2.14 bits per heavy atom. The topological polar surface area (TPSA) is 96.0 Å². The van der Waals surface area contributed by atoms with Crippen molar-refractivity contribution in [3.8, 4) is 5.75 Å². The first-order valence-corrected chi connectivity index (χ1v) is 15.8. The predicted molar refractivity (Wildman–Crippen MR) is 168 cm³/mol. The van der Waals surface area contributed by atoms with Crippen molar-refractivity contribution in [1.29, 1.82) is 0 Å². The average molecular weight is 618 g/mol. The van der Waals surface area contributed by atoms with Crippen molar-refractivity contribution >= 4 is 27.5 Å². The molecule has 0 fully saturated rings. The van der Waals surface area contributed by atoms with Gasteiger partial charge in [0, 0.05) is 25.1 Å². The van der Waals surface area contributed by atoms with Crippen LogP contribution in [0, 0.1) is 5.82 Å². The minimum Gasteiger partial charge on any atom is -0.495 e.